The van der Waals surface area contributed by atoms with Gasteiger partial charge in [-0.15, -0.1) is 0 Å². The van der Waals surface area contributed by atoms with Crippen LogP contribution in [0.25, 0.3) is 0 Å². The van der Waals surface area contributed by atoms with Gasteiger partial charge in [0.15, 0.2) is 0 Å². The molecule has 4 nitrogen and oxygen atoms in total. The minimum atomic E-state index is 0.0151. The number of benzene rings is 1. The molecule has 2 fully saturated rings. The molecule has 1 aromatic rings. The Morgan fingerprint density at radius 2 is 2.22 bits per heavy atom. The van der Waals surface area contributed by atoms with Crippen LogP contribution in [0.5, 0.6) is 0 Å². The molecule has 126 valence electrons. The maximum absolute atomic E-state index is 12.4. The lowest BCUT2D eigenvalue weighted by atomic mass is 9.99. The fourth-order valence-electron chi connectivity index (χ4n) is 3.65. The Labute approximate surface area is 139 Å². The van der Waals surface area contributed by atoms with Crippen LogP contribution in [0, 0.1) is 18.8 Å². The summed E-state index contributed by atoms with van der Waals surface area (Å²) in [6.07, 6.45) is 1.11. The molecule has 4 heteroatoms. The van der Waals surface area contributed by atoms with Crippen molar-refractivity contribution < 1.29 is 9.53 Å². The highest BCUT2D eigenvalue weighted by atomic mass is 16.5. The molecular weight excluding hydrogens is 288 g/mol. The molecule has 2 aliphatic heterocycles. The van der Waals surface area contributed by atoms with Gasteiger partial charge in [-0.1, -0.05) is 43.7 Å². The van der Waals surface area contributed by atoms with Crippen molar-refractivity contribution in [3.63, 3.8) is 0 Å². The Morgan fingerprint density at radius 3 is 2.96 bits per heavy atom. The standard InChI is InChI=1S/C19H28N2O2/c1-13(2)9-20-19(22)17-8-16-11-21(12-18(17)23-16)10-15-6-4-5-14(3)7-15/h4-7,13,16-18H,8-12H2,1-3H3,(H,20,22)/t16-,17+,18-/m1/s1. The van der Waals surface area contributed by atoms with Gasteiger partial charge in [-0.3, -0.25) is 9.69 Å². The first-order valence-corrected chi connectivity index (χ1v) is 8.72. The van der Waals surface area contributed by atoms with Gasteiger partial charge in [-0.25, -0.2) is 0 Å². The van der Waals surface area contributed by atoms with E-state index in [4.69, 9.17) is 4.74 Å². The third kappa shape index (κ3) is 4.12. The fourth-order valence-corrected chi connectivity index (χ4v) is 3.65. The highest BCUT2D eigenvalue weighted by Crippen LogP contribution is 2.32. The van der Waals surface area contributed by atoms with E-state index in [0.29, 0.717) is 5.92 Å². The van der Waals surface area contributed by atoms with Crippen molar-refractivity contribution in [3.8, 4) is 0 Å². The third-order valence-corrected chi connectivity index (χ3v) is 4.74. The summed E-state index contributed by atoms with van der Waals surface area (Å²) in [7, 11) is 0. The van der Waals surface area contributed by atoms with E-state index in [2.05, 4.69) is 55.3 Å². The number of aryl methyl sites for hydroxylation is 1. The Balaban J connectivity index is 1.58. The highest BCUT2D eigenvalue weighted by Gasteiger charge is 2.44. The summed E-state index contributed by atoms with van der Waals surface area (Å²) in [5.74, 6) is 0.670. The maximum Gasteiger partial charge on any atom is 0.225 e. The van der Waals surface area contributed by atoms with Crippen LogP contribution in [0.4, 0.5) is 0 Å². The minimum absolute atomic E-state index is 0.0151. The van der Waals surface area contributed by atoms with Crippen molar-refractivity contribution in [2.45, 2.75) is 45.9 Å². The summed E-state index contributed by atoms with van der Waals surface area (Å²) >= 11 is 0. The summed E-state index contributed by atoms with van der Waals surface area (Å²) in [6, 6.07) is 8.66. The molecule has 2 bridgehead atoms. The van der Waals surface area contributed by atoms with Crippen molar-refractivity contribution in [2.75, 3.05) is 19.6 Å². The predicted octanol–water partition coefficient (Wildman–Crippen LogP) is 2.36. The molecule has 3 rings (SSSR count). The molecule has 0 aliphatic carbocycles. The normalized spacial score (nSPS) is 27.4. The average Bonchev–Trinajstić information content (AvgIpc) is 2.79. The lowest BCUT2D eigenvalue weighted by Gasteiger charge is -2.32. The summed E-state index contributed by atoms with van der Waals surface area (Å²) in [6.45, 7) is 9.84. The molecule has 1 N–H and O–H groups in total. The molecule has 0 unspecified atom stereocenters. The molecule has 2 aliphatic rings. The first-order valence-electron chi connectivity index (χ1n) is 8.72. The number of carbonyl (C=O) groups excluding carboxylic acids is 1. The van der Waals surface area contributed by atoms with Crippen LogP contribution in [-0.2, 0) is 16.1 Å². The van der Waals surface area contributed by atoms with Crippen LogP contribution in [0.3, 0.4) is 0 Å². The van der Waals surface area contributed by atoms with E-state index >= 15 is 0 Å². The monoisotopic (exact) mass is 316 g/mol. The zero-order valence-electron chi connectivity index (χ0n) is 14.4. The number of rotatable bonds is 5. The quantitative estimate of drug-likeness (QED) is 0.907. The lowest BCUT2D eigenvalue weighted by molar-refractivity contribution is -0.128. The van der Waals surface area contributed by atoms with Crippen LogP contribution >= 0.6 is 0 Å². The molecule has 1 amide bonds. The van der Waals surface area contributed by atoms with Crippen LogP contribution in [-0.4, -0.2) is 42.6 Å². The molecule has 3 atom stereocenters. The Hall–Kier alpha value is -1.39. The molecule has 0 spiro atoms. The SMILES string of the molecule is Cc1cccc(CN2C[C@H]3C[C@H](C(=O)NCC(C)C)[C@@H](C2)O3)c1. The second-order valence-corrected chi connectivity index (χ2v) is 7.46. The molecule has 1 aromatic carbocycles. The molecule has 0 radical (unpaired) electrons. The zero-order valence-corrected chi connectivity index (χ0v) is 14.4. The number of hydrogen-bond acceptors (Lipinski definition) is 3. The van der Waals surface area contributed by atoms with Crippen molar-refractivity contribution in [3.05, 3.63) is 35.4 Å². The molecule has 23 heavy (non-hydrogen) atoms. The van der Waals surface area contributed by atoms with Crippen LogP contribution < -0.4 is 5.32 Å². The number of morpholine rings is 1. The second-order valence-electron chi connectivity index (χ2n) is 7.46. The van der Waals surface area contributed by atoms with Crippen LogP contribution in [0.15, 0.2) is 24.3 Å². The number of nitrogens with one attached hydrogen (secondary N) is 1. The van der Waals surface area contributed by atoms with E-state index in [1.807, 2.05) is 0 Å². The number of ether oxygens (including phenoxy) is 1. The van der Waals surface area contributed by atoms with Crippen LogP contribution in [0.2, 0.25) is 0 Å². The summed E-state index contributed by atoms with van der Waals surface area (Å²) in [5, 5.41) is 3.07. The lowest BCUT2D eigenvalue weighted by Crippen LogP contribution is -2.45. The summed E-state index contributed by atoms with van der Waals surface area (Å²) in [4.78, 5) is 14.8. The number of likely N-dealkylation sites (tertiary alicyclic amines) is 1. The predicted molar refractivity (Wildman–Crippen MR) is 91.1 cm³/mol. The van der Waals surface area contributed by atoms with Gasteiger partial charge < -0.3 is 10.1 Å². The smallest absolute Gasteiger partial charge is 0.225 e. The summed E-state index contributed by atoms with van der Waals surface area (Å²) < 4.78 is 6.03. The molecule has 0 aromatic heterocycles. The van der Waals surface area contributed by atoms with Gasteiger partial charge in [-0.2, -0.15) is 0 Å². The van der Waals surface area contributed by atoms with Gasteiger partial charge >= 0.3 is 0 Å². The average molecular weight is 316 g/mol. The number of hydrogen-bond donors (Lipinski definition) is 1. The van der Waals surface area contributed by atoms with E-state index in [0.717, 1.165) is 32.6 Å². The van der Waals surface area contributed by atoms with Crippen molar-refractivity contribution in [2.24, 2.45) is 11.8 Å². The zero-order chi connectivity index (χ0) is 16.4. The largest absolute Gasteiger partial charge is 0.371 e. The Bertz CT molecular complexity index is 558. The highest BCUT2D eigenvalue weighted by molar-refractivity contribution is 5.79. The minimum Gasteiger partial charge on any atom is -0.371 e. The van der Waals surface area contributed by atoms with Gasteiger partial charge in [-0.05, 0) is 24.8 Å². The van der Waals surface area contributed by atoms with E-state index in [9.17, 15) is 4.79 Å². The summed E-state index contributed by atoms with van der Waals surface area (Å²) in [5.41, 5.74) is 2.64. The van der Waals surface area contributed by atoms with Crippen molar-refractivity contribution in [1.82, 2.24) is 10.2 Å². The topological polar surface area (TPSA) is 41.6 Å². The third-order valence-electron chi connectivity index (χ3n) is 4.74. The second kappa shape index (κ2) is 7.02. The van der Waals surface area contributed by atoms with Crippen molar-refractivity contribution in [1.29, 1.82) is 0 Å². The van der Waals surface area contributed by atoms with Crippen LogP contribution in [0.1, 0.15) is 31.4 Å². The van der Waals surface area contributed by atoms with Gasteiger partial charge in [0.1, 0.15) is 0 Å². The molecule has 2 saturated heterocycles. The number of nitrogens with zero attached hydrogens (tertiary/aromatic N) is 1. The van der Waals surface area contributed by atoms with Gasteiger partial charge in [0.05, 0.1) is 18.1 Å². The number of carbonyl (C=O) groups is 1. The van der Waals surface area contributed by atoms with E-state index < -0.39 is 0 Å². The fraction of sp³-hybridized carbons (Fsp3) is 0.632. The van der Waals surface area contributed by atoms with Gasteiger partial charge in [0.2, 0.25) is 5.91 Å². The molecule has 2 heterocycles. The van der Waals surface area contributed by atoms with E-state index in [1.165, 1.54) is 11.1 Å². The van der Waals surface area contributed by atoms with Gasteiger partial charge in [0.25, 0.3) is 0 Å². The maximum atomic E-state index is 12.4. The number of amides is 1. The molecular formula is C19H28N2O2. The van der Waals surface area contributed by atoms with Crippen molar-refractivity contribution >= 4 is 5.91 Å². The van der Waals surface area contributed by atoms with E-state index in [1.54, 1.807) is 0 Å². The first-order chi connectivity index (χ1) is 11.0. The first kappa shape index (κ1) is 16.5. The Kier molecular flexibility index (Phi) is 5.02. The van der Waals surface area contributed by atoms with E-state index in [-0.39, 0.29) is 24.0 Å². The van der Waals surface area contributed by atoms with Gasteiger partial charge in [0, 0.05) is 26.2 Å². The molecule has 0 saturated carbocycles. The Morgan fingerprint density at radius 1 is 1.39 bits per heavy atom. The number of fused-ring (bicyclic) bond motifs is 2.